The van der Waals surface area contributed by atoms with Crippen LogP contribution in [0.3, 0.4) is 0 Å². The predicted molar refractivity (Wildman–Crippen MR) is 130 cm³/mol. The molecule has 0 saturated carbocycles. The molecule has 0 aliphatic carbocycles. The van der Waals surface area contributed by atoms with Gasteiger partial charge in [0.1, 0.15) is 5.70 Å². The summed E-state index contributed by atoms with van der Waals surface area (Å²) >= 11 is 0. The number of hydrogen-bond donors (Lipinski definition) is 1. The molecule has 184 valence electrons. The molecule has 0 amide bonds. The van der Waals surface area contributed by atoms with Crippen molar-refractivity contribution < 1.29 is 22.7 Å². The molecule has 0 spiro atoms. The van der Waals surface area contributed by atoms with E-state index in [1.165, 1.54) is 12.7 Å². The number of rotatable bonds is 8. The van der Waals surface area contributed by atoms with E-state index in [1.807, 2.05) is 10.6 Å². The monoisotopic (exact) mass is 487 g/mol. The summed E-state index contributed by atoms with van der Waals surface area (Å²) in [5, 5.41) is 1.01. The molecule has 2 atom stereocenters. The number of aromatic nitrogens is 1. The number of carbonyl (C=O) groups is 1. The molecule has 0 bridgehead atoms. The van der Waals surface area contributed by atoms with Gasteiger partial charge in [0.05, 0.1) is 23.6 Å². The number of sulfonamides is 1. The van der Waals surface area contributed by atoms with Gasteiger partial charge in [-0.1, -0.05) is 13.0 Å². The number of nitrogens with one attached hydrogen (secondary N) is 1. The number of carbonyl (C=O) groups excluding carboxylic acids is 1. The first kappa shape index (κ1) is 23.5. The molecule has 5 rings (SSSR count). The molecule has 1 saturated heterocycles. The van der Waals surface area contributed by atoms with Crippen molar-refractivity contribution in [2.45, 2.75) is 50.0 Å². The van der Waals surface area contributed by atoms with Crippen LogP contribution >= 0.6 is 0 Å². The molecule has 34 heavy (non-hydrogen) atoms. The lowest BCUT2D eigenvalue weighted by Gasteiger charge is -2.53. The lowest BCUT2D eigenvalue weighted by Crippen LogP contribution is -2.51. The number of piperidine rings is 1. The maximum Gasteiger partial charge on any atom is 0.354 e. The normalized spacial score (nSPS) is 24.1. The second-order valence-corrected chi connectivity index (χ2v) is 11.3. The molecule has 3 aliphatic heterocycles. The number of nitrogens with zero attached hydrogens (tertiary/aromatic N) is 2. The molecule has 1 aromatic carbocycles. The van der Waals surface area contributed by atoms with E-state index in [0.717, 1.165) is 55.4 Å². The van der Waals surface area contributed by atoms with Crippen LogP contribution < -0.4 is 4.72 Å². The van der Waals surface area contributed by atoms with Gasteiger partial charge in [-0.25, -0.2) is 17.9 Å². The van der Waals surface area contributed by atoms with Crippen molar-refractivity contribution in [3.8, 4) is 0 Å². The maximum absolute atomic E-state index is 13.0. The van der Waals surface area contributed by atoms with Gasteiger partial charge in [0.25, 0.3) is 0 Å². The highest BCUT2D eigenvalue weighted by molar-refractivity contribution is 7.89. The molecule has 8 nitrogen and oxygen atoms in total. The highest BCUT2D eigenvalue weighted by Crippen LogP contribution is 2.57. The van der Waals surface area contributed by atoms with Crippen LogP contribution in [0.1, 0.15) is 49.9 Å². The number of esters is 1. The Morgan fingerprint density at radius 1 is 1.26 bits per heavy atom. The SMILES string of the molecule is CC[C@@]12C=C(C(=O)OC)n3c4c(c5ccc(S(=O)(=O)NCCCOC)cc53)CCN(CCC1)[C@H]42. The second-order valence-electron chi connectivity index (χ2n) is 9.52. The molecule has 0 unspecified atom stereocenters. The minimum atomic E-state index is -3.69. The zero-order chi connectivity index (χ0) is 24.1. The quantitative estimate of drug-likeness (QED) is 0.455. The van der Waals surface area contributed by atoms with Gasteiger partial charge < -0.3 is 14.0 Å². The summed E-state index contributed by atoms with van der Waals surface area (Å²) in [5.74, 6) is -0.389. The zero-order valence-corrected chi connectivity index (χ0v) is 20.9. The minimum absolute atomic E-state index is 0.126. The first-order valence-electron chi connectivity index (χ1n) is 12.1. The highest BCUT2D eigenvalue weighted by atomic mass is 32.2. The van der Waals surface area contributed by atoms with Crippen LogP contribution in [0, 0.1) is 5.41 Å². The van der Waals surface area contributed by atoms with Gasteiger partial charge in [0.15, 0.2) is 0 Å². The number of ether oxygens (including phenoxy) is 2. The molecule has 3 aliphatic rings. The topological polar surface area (TPSA) is 89.9 Å². The average Bonchev–Trinajstić information content (AvgIpc) is 3.19. The number of hydrogen-bond acceptors (Lipinski definition) is 6. The molecule has 9 heteroatoms. The fourth-order valence-electron chi connectivity index (χ4n) is 6.23. The fraction of sp³-hybridized carbons (Fsp3) is 0.560. The molecular formula is C25H33N3O5S. The van der Waals surface area contributed by atoms with Crippen molar-refractivity contribution in [2.24, 2.45) is 5.41 Å². The van der Waals surface area contributed by atoms with Crippen molar-refractivity contribution in [2.75, 3.05) is 40.5 Å². The van der Waals surface area contributed by atoms with Crippen molar-refractivity contribution in [3.63, 3.8) is 0 Å². The van der Waals surface area contributed by atoms with Crippen molar-refractivity contribution in [3.05, 3.63) is 35.5 Å². The van der Waals surface area contributed by atoms with Gasteiger partial charge in [-0.2, -0.15) is 0 Å². The predicted octanol–water partition coefficient (Wildman–Crippen LogP) is 3.07. The van der Waals surface area contributed by atoms with Crippen LogP contribution in [0.15, 0.2) is 29.2 Å². The summed E-state index contributed by atoms with van der Waals surface area (Å²) in [4.78, 5) is 15.8. The third-order valence-corrected chi connectivity index (χ3v) is 9.29. The van der Waals surface area contributed by atoms with Gasteiger partial charge in [0.2, 0.25) is 10.0 Å². The number of benzene rings is 1. The van der Waals surface area contributed by atoms with Crippen molar-refractivity contribution >= 4 is 32.6 Å². The highest BCUT2D eigenvalue weighted by Gasteiger charge is 2.51. The molecule has 2 aromatic rings. The smallest absolute Gasteiger partial charge is 0.354 e. The van der Waals surface area contributed by atoms with E-state index >= 15 is 0 Å². The largest absolute Gasteiger partial charge is 0.464 e. The van der Waals surface area contributed by atoms with Crippen LogP contribution in [0.2, 0.25) is 0 Å². The standard InChI is InChI=1S/C25H33N3O5S/c1-4-25-10-5-12-27-13-9-19-18-8-7-17(34(30,31)26-11-6-14-32-2)15-20(18)28(22(19)23(25)27)21(16-25)24(29)33-3/h7-8,15-16,23,26H,4-6,9-14H2,1-3H3/t23-,25+/m1/s1. The van der Waals surface area contributed by atoms with E-state index in [0.29, 0.717) is 25.3 Å². The number of methoxy groups -OCH3 is 2. The molecule has 4 heterocycles. The van der Waals surface area contributed by atoms with E-state index < -0.39 is 10.0 Å². The Morgan fingerprint density at radius 2 is 2.09 bits per heavy atom. The van der Waals surface area contributed by atoms with E-state index in [9.17, 15) is 13.2 Å². The molecular weight excluding hydrogens is 454 g/mol. The summed E-state index contributed by atoms with van der Waals surface area (Å²) in [7, 11) is -0.700. The van der Waals surface area contributed by atoms with E-state index in [-0.39, 0.29) is 22.3 Å². The summed E-state index contributed by atoms with van der Waals surface area (Å²) in [6, 6.07) is 5.46. The van der Waals surface area contributed by atoms with Crippen LogP contribution in [0.4, 0.5) is 0 Å². The summed E-state index contributed by atoms with van der Waals surface area (Å²) in [6.45, 7) is 5.00. The van der Waals surface area contributed by atoms with E-state index in [2.05, 4.69) is 22.6 Å². The second kappa shape index (κ2) is 8.78. The Kier molecular flexibility index (Phi) is 6.08. The van der Waals surface area contributed by atoms with E-state index in [4.69, 9.17) is 9.47 Å². The van der Waals surface area contributed by atoms with Gasteiger partial charge in [-0.3, -0.25) is 4.90 Å². The fourth-order valence-corrected chi connectivity index (χ4v) is 7.33. The van der Waals surface area contributed by atoms with Crippen LogP contribution in [0.5, 0.6) is 0 Å². The first-order valence-corrected chi connectivity index (χ1v) is 13.6. The first-order chi connectivity index (χ1) is 16.4. The molecule has 0 radical (unpaired) electrons. The van der Waals surface area contributed by atoms with Gasteiger partial charge in [-0.15, -0.1) is 0 Å². The third kappa shape index (κ3) is 3.52. The Bertz CT molecular complexity index is 1270. The lowest BCUT2D eigenvalue weighted by atomic mass is 9.66. The number of fused-ring (bicyclic) bond motifs is 3. The molecule has 1 fully saturated rings. The Labute approximate surface area is 200 Å². The van der Waals surface area contributed by atoms with Crippen molar-refractivity contribution in [1.29, 1.82) is 0 Å². The van der Waals surface area contributed by atoms with Crippen LogP contribution in [-0.4, -0.2) is 64.3 Å². The van der Waals surface area contributed by atoms with Gasteiger partial charge in [-0.05, 0) is 62.4 Å². The zero-order valence-electron chi connectivity index (χ0n) is 20.1. The molecule has 1 N–H and O–H groups in total. The Hall–Kier alpha value is -2.20. The van der Waals surface area contributed by atoms with E-state index in [1.54, 1.807) is 19.2 Å². The van der Waals surface area contributed by atoms with Gasteiger partial charge in [0, 0.05) is 43.3 Å². The summed E-state index contributed by atoms with van der Waals surface area (Å²) in [6.07, 6.45) is 6.64. The van der Waals surface area contributed by atoms with Gasteiger partial charge >= 0.3 is 5.97 Å². The van der Waals surface area contributed by atoms with Crippen molar-refractivity contribution in [1.82, 2.24) is 14.2 Å². The summed E-state index contributed by atoms with van der Waals surface area (Å²) in [5.41, 5.74) is 3.48. The molecule has 1 aromatic heterocycles. The third-order valence-electron chi connectivity index (χ3n) is 7.84. The Balaban J connectivity index is 1.69. The van der Waals surface area contributed by atoms with Crippen LogP contribution in [0.25, 0.3) is 16.6 Å². The maximum atomic E-state index is 13.0. The average molecular weight is 488 g/mol. The van der Waals surface area contributed by atoms with Crippen LogP contribution in [-0.2, 0) is 30.7 Å². The lowest BCUT2D eigenvalue weighted by molar-refractivity contribution is -0.134. The Morgan fingerprint density at radius 3 is 2.82 bits per heavy atom. The minimum Gasteiger partial charge on any atom is -0.464 e. The summed E-state index contributed by atoms with van der Waals surface area (Å²) < 4.78 is 40.9.